The molecule has 1 saturated carbocycles. The van der Waals surface area contributed by atoms with Crippen molar-refractivity contribution in [2.75, 3.05) is 0 Å². The Bertz CT molecular complexity index is 471. The second kappa shape index (κ2) is 6.37. The van der Waals surface area contributed by atoms with Crippen LogP contribution in [-0.2, 0) is 0 Å². The zero-order valence-electron chi connectivity index (χ0n) is 10.7. The molecule has 5 heteroatoms. The van der Waals surface area contributed by atoms with Crippen LogP contribution in [-0.4, -0.2) is 11.9 Å². The van der Waals surface area contributed by atoms with Crippen LogP contribution in [0, 0.1) is 11.2 Å². The molecule has 1 aromatic rings. The molecule has 0 unspecified atom stereocenters. The lowest BCUT2D eigenvalue weighted by molar-refractivity contribution is 0.175. The minimum atomic E-state index is -0.475. The summed E-state index contributed by atoms with van der Waals surface area (Å²) in [5.74, 6) is -0.396. The van der Waals surface area contributed by atoms with Gasteiger partial charge in [-0.05, 0) is 53.7 Å². The Hall–Kier alpha value is -1.10. The number of nitrogen functional groups attached to an aromatic ring is 1. The van der Waals surface area contributed by atoms with Gasteiger partial charge in [0.15, 0.2) is 11.6 Å². The number of hydrogen-bond acceptors (Lipinski definition) is 2. The van der Waals surface area contributed by atoms with E-state index in [0.29, 0.717) is 5.56 Å². The summed E-state index contributed by atoms with van der Waals surface area (Å²) >= 11 is 3.14. The molecule has 0 saturated heterocycles. The number of amidine groups is 1. The van der Waals surface area contributed by atoms with Crippen molar-refractivity contribution in [1.29, 1.82) is 5.41 Å². The largest absolute Gasteiger partial charge is 0.487 e. The van der Waals surface area contributed by atoms with E-state index in [-0.39, 0.29) is 22.2 Å². The molecule has 2 rings (SSSR count). The van der Waals surface area contributed by atoms with Gasteiger partial charge in [0.25, 0.3) is 0 Å². The second-order valence-corrected chi connectivity index (χ2v) is 5.68. The molecule has 0 spiro atoms. The highest BCUT2D eigenvalue weighted by Gasteiger charge is 2.18. The van der Waals surface area contributed by atoms with E-state index in [1.54, 1.807) is 12.1 Å². The average Bonchev–Trinajstić information content (AvgIpc) is 2.63. The molecule has 1 aliphatic rings. The monoisotopic (exact) mass is 328 g/mol. The van der Waals surface area contributed by atoms with Crippen molar-refractivity contribution in [2.45, 2.75) is 44.6 Å². The van der Waals surface area contributed by atoms with E-state index in [1.807, 2.05) is 0 Å². The van der Waals surface area contributed by atoms with Crippen molar-refractivity contribution in [2.24, 2.45) is 5.73 Å². The third-order valence-corrected chi connectivity index (χ3v) is 4.21. The van der Waals surface area contributed by atoms with Gasteiger partial charge in [-0.1, -0.05) is 12.8 Å². The summed E-state index contributed by atoms with van der Waals surface area (Å²) in [6.45, 7) is 0. The van der Waals surface area contributed by atoms with Crippen molar-refractivity contribution in [3.05, 3.63) is 28.0 Å². The van der Waals surface area contributed by atoms with E-state index in [0.717, 1.165) is 25.7 Å². The molecular weight excluding hydrogens is 311 g/mol. The zero-order valence-corrected chi connectivity index (χ0v) is 12.3. The Labute approximate surface area is 121 Å². The molecule has 0 bridgehead atoms. The highest BCUT2D eigenvalue weighted by atomic mass is 79.9. The molecule has 19 heavy (non-hydrogen) atoms. The Kier molecular flexibility index (Phi) is 4.80. The van der Waals surface area contributed by atoms with Gasteiger partial charge in [0.1, 0.15) is 5.84 Å². The second-order valence-electron chi connectivity index (χ2n) is 4.88. The van der Waals surface area contributed by atoms with Crippen LogP contribution in [0.25, 0.3) is 0 Å². The number of halogens is 2. The summed E-state index contributed by atoms with van der Waals surface area (Å²) in [6.07, 6.45) is 6.78. The van der Waals surface area contributed by atoms with Gasteiger partial charge in [-0.3, -0.25) is 5.41 Å². The van der Waals surface area contributed by atoms with Gasteiger partial charge in [-0.15, -0.1) is 0 Å². The summed E-state index contributed by atoms with van der Waals surface area (Å²) in [7, 11) is 0. The van der Waals surface area contributed by atoms with Gasteiger partial charge < -0.3 is 10.5 Å². The molecule has 1 aromatic carbocycles. The highest BCUT2D eigenvalue weighted by Crippen LogP contribution is 2.31. The van der Waals surface area contributed by atoms with Crippen molar-refractivity contribution in [1.82, 2.24) is 0 Å². The van der Waals surface area contributed by atoms with E-state index in [1.165, 1.54) is 12.8 Å². The van der Waals surface area contributed by atoms with Gasteiger partial charge in [0.05, 0.1) is 10.6 Å². The van der Waals surface area contributed by atoms with E-state index in [4.69, 9.17) is 15.9 Å². The normalized spacial score (nSPS) is 16.9. The maximum absolute atomic E-state index is 14.2. The SMILES string of the molecule is N=C(N)c1ccc(OC2CCCCCC2)c(F)c1Br. The average molecular weight is 329 g/mol. The first-order valence-electron chi connectivity index (χ1n) is 6.58. The van der Waals surface area contributed by atoms with Crippen LogP contribution >= 0.6 is 15.9 Å². The fourth-order valence-electron chi connectivity index (χ4n) is 2.37. The molecule has 1 fully saturated rings. The molecule has 0 atom stereocenters. The summed E-state index contributed by atoms with van der Waals surface area (Å²) in [6, 6.07) is 3.17. The summed E-state index contributed by atoms with van der Waals surface area (Å²) in [5.41, 5.74) is 5.74. The number of rotatable bonds is 3. The summed E-state index contributed by atoms with van der Waals surface area (Å²) in [5, 5.41) is 7.37. The third-order valence-electron chi connectivity index (χ3n) is 3.43. The predicted molar refractivity (Wildman–Crippen MR) is 77.2 cm³/mol. The number of ether oxygens (including phenoxy) is 1. The number of benzene rings is 1. The maximum Gasteiger partial charge on any atom is 0.179 e. The Morgan fingerprint density at radius 2 is 1.89 bits per heavy atom. The van der Waals surface area contributed by atoms with Gasteiger partial charge in [0.2, 0.25) is 0 Å². The maximum atomic E-state index is 14.2. The minimum absolute atomic E-state index is 0.0899. The summed E-state index contributed by atoms with van der Waals surface area (Å²) in [4.78, 5) is 0. The topological polar surface area (TPSA) is 59.1 Å². The standard InChI is InChI=1S/C14H18BrFN2O/c15-12-10(14(17)18)7-8-11(13(12)16)19-9-5-3-1-2-4-6-9/h7-9H,1-6H2,(H3,17,18). The van der Waals surface area contributed by atoms with Crippen molar-refractivity contribution in [3.8, 4) is 5.75 Å². The number of hydrogen-bond donors (Lipinski definition) is 2. The van der Waals surface area contributed by atoms with Crippen LogP contribution in [0.3, 0.4) is 0 Å². The van der Waals surface area contributed by atoms with Crippen LogP contribution < -0.4 is 10.5 Å². The molecule has 1 aliphatic carbocycles. The van der Waals surface area contributed by atoms with Crippen molar-refractivity contribution < 1.29 is 9.13 Å². The quantitative estimate of drug-likeness (QED) is 0.501. The Balaban J connectivity index is 2.16. The lowest BCUT2D eigenvalue weighted by atomic mass is 10.1. The zero-order chi connectivity index (χ0) is 13.8. The van der Waals surface area contributed by atoms with Crippen molar-refractivity contribution in [3.63, 3.8) is 0 Å². The molecule has 0 radical (unpaired) electrons. The van der Waals surface area contributed by atoms with E-state index in [2.05, 4.69) is 15.9 Å². The van der Waals surface area contributed by atoms with E-state index < -0.39 is 5.82 Å². The lowest BCUT2D eigenvalue weighted by Gasteiger charge is -2.18. The molecule has 0 aromatic heterocycles. The lowest BCUT2D eigenvalue weighted by Crippen LogP contribution is -2.17. The summed E-state index contributed by atoms with van der Waals surface area (Å²) < 4.78 is 20.1. The molecule has 3 N–H and O–H groups in total. The van der Waals surface area contributed by atoms with Gasteiger partial charge in [-0.2, -0.15) is 0 Å². The first kappa shape index (κ1) is 14.3. The molecule has 0 aliphatic heterocycles. The van der Waals surface area contributed by atoms with Crippen molar-refractivity contribution >= 4 is 21.8 Å². The number of nitrogens with two attached hydrogens (primary N) is 1. The van der Waals surface area contributed by atoms with E-state index >= 15 is 0 Å². The van der Waals surface area contributed by atoms with Crippen LogP contribution in [0.15, 0.2) is 16.6 Å². The minimum Gasteiger partial charge on any atom is -0.487 e. The van der Waals surface area contributed by atoms with Gasteiger partial charge >= 0.3 is 0 Å². The fourth-order valence-corrected chi connectivity index (χ4v) is 2.91. The fraction of sp³-hybridized carbons (Fsp3) is 0.500. The van der Waals surface area contributed by atoms with Crippen LogP contribution in [0.4, 0.5) is 4.39 Å². The van der Waals surface area contributed by atoms with Crippen LogP contribution in [0.2, 0.25) is 0 Å². The molecule has 3 nitrogen and oxygen atoms in total. The van der Waals surface area contributed by atoms with E-state index in [9.17, 15) is 4.39 Å². The smallest absolute Gasteiger partial charge is 0.179 e. The van der Waals surface area contributed by atoms with Crippen LogP contribution in [0.5, 0.6) is 5.75 Å². The van der Waals surface area contributed by atoms with Gasteiger partial charge in [0, 0.05) is 5.56 Å². The highest BCUT2D eigenvalue weighted by molar-refractivity contribution is 9.10. The Morgan fingerprint density at radius 3 is 2.47 bits per heavy atom. The molecular formula is C14H18BrFN2O. The first-order valence-corrected chi connectivity index (χ1v) is 7.38. The Morgan fingerprint density at radius 1 is 1.26 bits per heavy atom. The van der Waals surface area contributed by atoms with Gasteiger partial charge in [-0.25, -0.2) is 4.39 Å². The predicted octanol–water partition coefficient (Wildman–Crippen LogP) is 3.97. The first-order chi connectivity index (χ1) is 9.09. The van der Waals surface area contributed by atoms with Crippen LogP contribution in [0.1, 0.15) is 44.1 Å². The molecule has 104 valence electrons. The molecule has 0 heterocycles. The third kappa shape index (κ3) is 3.47. The number of nitrogens with one attached hydrogen (secondary N) is 1. The molecule has 0 amide bonds.